The summed E-state index contributed by atoms with van der Waals surface area (Å²) in [5.74, 6) is 0. The molecule has 3 aliphatic rings. The standard InChI is InChI=1S/C25H29IN2O/c26-21-7-5-19(6-8-21)17-27-14-10-24(29)23(18-27)28-15-12-25(13-16-28)11-9-20-3-1-2-4-22(20)25/h1-9,11,23-24,29H,10,12-18H2. The lowest BCUT2D eigenvalue weighted by Crippen LogP contribution is -2.57. The van der Waals surface area contributed by atoms with Crippen LogP contribution in [-0.2, 0) is 12.0 Å². The monoisotopic (exact) mass is 500 g/mol. The predicted octanol–water partition coefficient (Wildman–Crippen LogP) is 4.29. The summed E-state index contributed by atoms with van der Waals surface area (Å²) in [6.07, 6.45) is 7.73. The maximum absolute atomic E-state index is 10.8. The van der Waals surface area contributed by atoms with Crippen molar-refractivity contribution < 1.29 is 5.11 Å². The van der Waals surface area contributed by atoms with Gasteiger partial charge in [-0.05, 0) is 83.8 Å². The topological polar surface area (TPSA) is 26.7 Å². The normalized spacial score (nSPS) is 26.7. The van der Waals surface area contributed by atoms with E-state index in [1.54, 1.807) is 0 Å². The number of hydrogen-bond donors (Lipinski definition) is 1. The summed E-state index contributed by atoms with van der Waals surface area (Å²) in [6.45, 7) is 5.06. The van der Waals surface area contributed by atoms with Gasteiger partial charge in [-0.2, -0.15) is 0 Å². The highest BCUT2D eigenvalue weighted by atomic mass is 127. The highest BCUT2D eigenvalue weighted by Crippen LogP contribution is 2.44. The van der Waals surface area contributed by atoms with E-state index in [0.29, 0.717) is 0 Å². The van der Waals surface area contributed by atoms with E-state index in [1.165, 1.54) is 20.3 Å². The van der Waals surface area contributed by atoms with Crippen LogP contribution >= 0.6 is 22.6 Å². The zero-order chi connectivity index (χ0) is 19.8. The van der Waals surface area contributed by atoms with Gasteiger partial charge in [-0.1, -0.05) is 48.6 Å². The molecule has 0 aromatic heterocycles. The number of allylic oxidation sites excluding steroid dienone is 1. The van der Waals surface area contributed by atoms with Gasteiger partial charge >= 0.3 is 0 Å². The molecule has 152 valence electrons. The molecule has 5 rings (SSSR count). The number of nitrogens with zero attached hydrogens (tertiary/aromatic N) is 2. The van der Waals surface area contributed by atoms with Crippen molar-refractivity contribution >= 4 is 28.7 Å². The number of aliphatic hydroxyl groups excluding tert-OH is 1. The van der Waals surface area contributed by atoms with Gasteiger partial charge in [-0.15, -0.1) is 0 Å². The Morgan fingerprint density at radius 1 is 1.00 bits per heavy atom. The van der Waals surface area contributed by atoms with Crippen LogP contribution in [0, 0.1) is 3.57 Å². The zero-order valence-corrected chi connectivity index (χ0v) is 19.0. The van der Waals surface area contributed by atoms with Crippen molar-refractivity contribution in [1.82, 2.24) is 9.80 Å². The number of piperidine rings is 2. The molecule has 0 radical (unpaired) electrons. The number of halogens is 1. The molecular weight excluding hydrogens is 471 g/mol. The first-order chi connectivity index (χ1) is 14.1. The largest absolute Gasteiger partial charge is 0.391 e. The van der Waals surface area contributed by atoms with E-state index in [9.17, 15) is 5.11 Å². The summed E-state index contributed by atoms with van der Waals surface area (Å²) in [7, 11) is 0. The third kappa shape index (κ3) is 3.92. The Morgan fingerprint density at radius 3 is 2.55 bits per heavy atom. The van der Waals surface area contributed by atoms with Gasteiger partial charge in [0, 0.05) is 34.7 Å². The Morgan fingerprint density at radius 2 is 1.76 bits per heavy atom. The number of aliphatic hydroxyl groups is 1. The molecule has 1 spiro atoms. The molecule has 2 fully saturated rings. The molecule has 2 atom stereocenters. The molecule has 1 N–H and O–H groups in total. The minimum atomic E-state index is -0.205. The van der Waals surface area contributed by atoms with Crippen LogP contribution in [0.1, 0.15) is 36.0 Å². The molecule has 2 aromatic rings. The second-order valence-corrected chi connectivity index (χ2v) is 10.1. The molecular formula is C25H29IN2O. The van der Waals surface area contributed by atoms with Crippen molar-refractivity contribution in [3.63, 3.8) is 0 Å². The number of hydrogen-bond acceptors (Lipinski definition) is 3. The summed E-state index contributed by atoms with van der Waals surface area (Å²) in [5, 5.41) is 10.8. The first-order valence-corrected chi connectivity index (χ1v) is 11.9. The van der Waals surface area contributed by atoms with Crippen LogP contribution in [0.5, 0.6) is 0 Å². The van der Waals surface area contributed by atoms with Gasteiger partial charge in [0.25, 0.3) is 0 Å². The minimum absolute atomic E-state index is 0.205. The minimum Gasteiger partial charge on any atom is -0.391 e. The van der Waals surface area contributed by atoms with Gasteiger partial charge in [0.1, 0.15) is 0 Å². The molecule has 1 aliphatic carbocycles. The molecule has 3 nitrogen and oxygen atoms in total. The molecule has 2 aliphatic heterocycles. The number of likely N-dealkylation sites (tertiary alicyclic amines) is 2. The fraction of sp³-hybridized carbons (Fsp3) is 0.440. The number of fused-ring (bicyclic) bond motifs is 2. The number of rotatable bonds is 3. The van der Waals surface area contributed by atoms with Crippen molar-refractivity contribution in [3.05, 3.63) is 74.9 Å². The van der Waals surface area contributed by atoms with E-state index in [1.807, 2.05) is 0 Å². The summed E-state index contributed by atoms with van der Waals surface area (Å²) < 4.78 is 1.28. The molecule has 2 heterocycles. The molecule has 2 aromatic carbocycles. The SMILES string of the molecule is OC1CCN(Cc2ccc(I)cc2)CC1N1CCC2(C=Cc3ccccc32)CC1. The number of benzene rings is 2. The lowest BCUT2D eigenvalue weighted by atomic mass is 9.74. The summed E-state index contributed by atoms with van der Waals surface area (Å²) in [6, 6.07) is 17.9. The van der Waals surface area contributed by atoms with Crippen LogP contribution < -0.4 is 0 Å². The maximum atomic E-state index is 10.8. The van der Waals surface area contributed by atoms with E-state index in [0.717, 1.165) is 52.0 Å². The molecule has 0 saturated carbocycles. The van der Waals surface area contributed by atoms with Gasteiger partial charge in [0.05, 0.1) is 6.10 Å². The van der Waals surface area contributed by atoms with Gasteiger partial charge in [-0.25, -0.2) is 0 Å². The highest BCUT2D eigenvalue weighted by molar-refractivity contribution is 14.1. The smallest absolute Gasteiger partial charge is 0.0720 e. The average Bonchev–Trinajstić information content (AvgIpc) is 3.10. The Bertz CT molecular complexity index is 886. The maximum Gasteiger partial charge on any atom is 0.0720 e. The molecule has 2 saturated heterocycles. The highest BCUT2D eigenvalue weighted by Gasteiger charge is 2.41. The Hall–Kier alpha value is -1.21. The van der Waals surface area contributed by atoms with Crippen molar-refractivity contribution in [2.45, 2.75) is 43.4 Å². The molecule has 2 unspecified atom stereocenters. The fourth-order valence-electron chi connectivity index (χ4n) is 5.46. The van der Waals surface area contributed by atoms with Crippen LogP contribution in [0.4, 0.5) is 0 Å². The summed E-state index contributed by atoms with van der Waals surface area (Å²) >= 11 is 2.36. The predicted molar refractivity (Wildman–Crippen MR) is 127 cm³/mol. The van der Waals surface area contributed by atoms with Crippen molar-refractivity contribution in [1.29, 1.82) is 0 Å². The van der Waals surface area contributed by atoms with Gasteiger partial charge in [0.15, 0.2) is 0 Å². The fourth-order valence-corrected chi connectivity index (χ4v) is 5.82. The zero-order valence-electron chi connectivity index (χ0n) is 16.8. The van der Waals surface area contributed by atoms with E-state index < -0.39 is 0 Å². The van der Waals surface area contributed by atoms with Gasteiger partial charge in [0.2, 0.25) is 0 Å². The average molecular weight is 500 g/mol. The molecule has 0 bridgehead atoms. The molecule has 0 amide bonds. The van der Waals surface area contributed by atoms with Crippen LogP contribution in [0.2, 0.25) is 0 Å². The van der Waals surface area contributed by atoms with E-state index >= 15 is 0 Å². The Kier molecular flexibility index (Phi) is 5.54. The van der Waals surface area contributed by atoms with Crippen LogP contribution in [0.25, 0.3) is 6.08 Å². The van der Waals surface area contributed by atoms with Gasteiger partial charge < -0.3 is 5.11 Å². The Balaban J connectivity index is 1.24. The van der Waals surface area contributed by atoms with Crippen molar-refractivity contribution in [2.24, 2.45) is 0 Å². The van der Waals surface area contributed by atoms with Crippen LogP contribution in [0.3, 0.4) is 0 Å². The first kappa shape index (κ1) is 19.7. The first-order valence-electron chi connectivity index (χ1n) is 10.8. The van der Waals surface area contributed by atoms with Crippen molar-refractivity contribution in [3.8, 4) is 0 Å². The van der Waals surface area contributed by atoms with Crippen molar-refractivity contribution in [2.75, 3.05) is 26.2 Å². The Labute approximate surface area is 187 Å². The van der Waals surface area contributed by atoms with Crippen LogP contribution in [0.15, 0.2) is 54.6 Å². The van der Waals surface area contributed by atoms with E-state index in [-0.39, 0.29) is 17.6 Å². The molecule has 4 heteroatoms. The van der Waals surface area contributed by atoms with Gasteiger partial charge in [-0.3, -0.25) is 9.80 Å². The second kappa shape index (κ2) is 8.14. The van der Waals surface area contributed by atoms with Crippen LogP contribution in [-0.4, -0.2) is 53.2 Å². The van der Waals surface area contributed by atoms with E-state index in [2.05, 4.69) is 93.1 Å². The second-order valence-electron chi connectivity index (χ2n) is 8.90. The van der Waals surface area contributed by atoms with E-state index in [4.69, 9.17) is 0 Å². The molecule has 29 heavy (non-hydrogen) atoms. The summed E-state index contributed by atoms with van der Waals surface area (Å²) in [4.78, 5) is 5.08. The quantitative estimate of drug-likeness (QED) is 0.638. The third-order valence-corrected chi connectivity index (χ3v) is 7.91. The lowest BCUT2D eigenvalue weighted by Gasteiger charge is -2.47. The lowest BCUT2D eigenvalue weighted by molar-refractivity contribution is -0.0256. The third-order valence-electron chi connectivity index (χ3n) is 7.19. The summed E-state index contributed by atoms with van der Waals surface area (Å²) in [5.41, 5.74) is 4.48.